The third-order valence-corrected chi connectivity index (χ3v) is 9.93. The molecule has 0 radical (unpaired) electrons. The normalized spacial score (nSPS) is 28.1. The summed E-state index contributed by atoms with van der Waals surface area (Å²) in [6, 6.07) is 11.9. The fourth-order valence-corrected chi connectivity index (χ4v) is 8.59. The Morgan fingerprint density at radius 3 is 2.35 bits per heavy atom. The van der Waals surface area contributed by atoms with Gasteiger partial charge in [-0.2, -0.15) is 0 Å². The van der Waals surface area contributed by atoms with Gasteiger partial charge >= 0.3 is 0 Å². The summed E-state index contributed by atoms with van der Waals surface area (Å²) in [6.45, 7) is 0.540. The number of carbonyl (C=O) groups is 2. The smallest absolute Gasteiger partial charge is 0.252 e. The molecule has 0 saturated heterocycles. The molecule has 4 bridgehead atoms. The molecule has 1 aromatic carbocycles. The molecule has 0 aliphatic heterocycles. The third-order valence-electron chi connectivity index (χ3n) is 7.88. The fraction of sp³-hybridized carbons (Fsp3) is 0.556. The van der Waals surface area contributed by atoms with Crippen molar-refractivity contribution in [3.05, 3.63) is 52.2 Å². The van der Waals surface area contributed by atoms with Crippen molar-refractivity contribution in [1.82, 2.24) is 15.5 Å². The first-order valence-corrected chi connectivity index (χ1v) is 14.3. The van der Waals surface area contributed by atoms with Gasteiger partial charge in [0.25, 0.3) is 5.91 Å². The third kappa shape index (κ3) is 5.21. The van der Waals surface area contributed by atoms with Gasteiger partial charge < -0.3 is 15.5 Å². The highest BCUT2D eigenvalue weighted by atomic mass is 32.2. The number of thiophene rings is 1. The number of likely N-dealkylation sites (N-methyl/N-ethyl adjacent to an activating group) is 1. The number of nitrogens with one attached hydrogen (secondary N) is 2. The Morgan fingerprint density at radius 2 is 1.74 bits per heavy atom. The van der Waals surface area contributed by atoms with Crippen molar-refractivity contribution in [3.63, 3.8) is 0 Å². The monoisotopic (exact) mass is 497 g/mol. The maximum Gasteiger partial charge on any atom is 0.252 e. The first-order valence-electron chi connectivity index (χ1n) is 12.4. The molecule has 6 rings (SSSR count). The van der Waals surface area contributed by atoms with Crippen LogP contribution >= 0.6 is 23.1 Å². The highest BCUT2D eigenvalue weighted by Gasteiger charge is 2.51. The lowest BCUT2D eigenvalue weighted by Crippen LogP contribution is -2.60. The Bertz CT molecular complexity index is 985. The predicted octanol–water partition coefficient (Wildman–Crippen LogP) is 4.96. The van der Waals surface area contributed by atoms with Crippen molar-refractivity contribution in [2.75, 3.05) is 26.4 Å². The zero-order valence-electron chi connectivity index (χ0n) is 20.1. The van der Waals surface area contributed by atoms with Crippen molar-refractivity contribution in [3.8, 4) is 0 Å². The molecule has 34 heavy (non-hydrogen) atoms. The summed E-state index contributed by atoms with van der Waals surface area (Å²) >= 11 is 3.17. The molecule has 1 aromatic heterocycles. The van der Waals surface area contributed by atoms with Gasteiger partial charge in [0.2, 0.25) is 5.91 Å². The molecule has 1 heterocycles. The zero-order chi connectivity index (χ0) is 23.7. The minimum Gasteiger partial charge on any atom is -0.350 e. The Kier molecular flexibility index (Phi) is 7.05. The van der Waals surface area contributed by atoms with Crippen LogP contribution in [0, 0.1) is 17.8 Å². The summed E-state index contributed by atoms with van der Waals surface area (Å²) in [6.07, 6.45) is 7.58. The van der Waals surface area contributed by atoms with Gasteiger partial charge in [-0.15, -0.1) is 23.1 Å². The SMILES string of the molecule is CN(C)C(CNC(=O)c1ccccc1SCC(=O)NC12CC3CC(CC(C3)C1)C2)c1cccs1. The number of hydrogen-bond acceptors (Lipinski definition) is 5. The maximum atomic E-state index is 13.1. The summed E-state index contributed by atoms with van der Waals surface area (Å²) < 4.78 is 0. The molecule has 1 atom stereocenters. The van der Waals surface area contributed by atoms with Gasteiger partial charge in [0.05, 0.1) is 17.4 Å². The van der Waals surface area contributed by atoms with Gasteiger partial charge in [0, 0.05) is 21.9 Å². The van der Waals surface area contributed by atoms with Gasteiger partial charge in [-0.3, -0.25) is 9.59 Å². The van der Waals surface area contributed by atoms with E-state index in [2.05, 4.69) is 27.0 Å². The highest BCUT2D eigenvalue weighted by Crippen LogP contribution is 2.55. The van der Waals surface area contributed by atoms with E-state index in [1.807, 2.05) is 44.4 Å². The lowest BCUT2D eigenvalue weighted by Gasteiger charge is -2.56. The molecular formula is C27H35N3O2S2. The fourth-order valence-electron chi connectivity index (χ4n) is 6.82. The molecule has 2 amide bonds. The average Bonchev–Trinajstić information content (AvgIpc) is 3.31. The minimum absolute atomic E-state index is 0.0340. The van der Waals surface area contributed by atoms with E-state index in [9.17, 15) is 9.59 Å². The number of thioether (sulfide) groups is 1. The molecular weight excluding hydrogens is 462 g/mol. The molecule has 182 valence electrons. The molecule has 5 nitrogen and oxygen atoms in total. The number of rotatable bonds is 9. The number of nitrogens with zero attached hydrogens (tertiary/aromatic N) is 1. The lowest BCUT2D eigenvalue weighted by atomic mass is 9.53. The Hall–Kier alpha value is -1.83. The zero-order valence-corrected chi connectivity index (χ0v) is 21.7. The van der Waals surface area contributed by atoms with E-state index in [1.165, 1.54) is 35.9 Å². The van der Waals surface area contributed by atoms with Crippen molar-refractivity contribution in [2.45, 2.75) is 55.0 Å². The standard InChI is InChI=1S/C27H35N3O2S2/c1-30(2)22(24-8-5-9-33-24)16-28-26(32)21-6-3-4-7-23(21)34-17-25(31)29-27-13-18-10-19(14-27)12-20(11-18)15-27/h3-9,18-20,22H,10-17H2,1-2H3,(H,28,32)(H,29,31). The van der Waals surface area contributed by atoms with Crippen LogP contribution in [-0.2, 0) is 4.79 Å². The Balaban J connectivity index is 1.18. The molecule has 4 saturated carbocycles. The van der Waals surface area contributed by atoms with Crippen LogP contribution in [0.2, 0.25) is 0 Å². The van der Waals surface area contributed by atoms with E-state index in [0.29, 0.717) is 17.9 Å². The van der Waals surface area contributed by atoms with Crippen molar-refractivity contribution in [1.29, 1.82) is 0 Å². The summed E-state index contributed by atoms with van der Waals surface area (Å²) in [4.78, 5) is 30.2. The Labute approximate surface area is 211 Å². The Morgan fingerprint density at radius 1 is 1.06 bits per heavy atom. The van der Waals surface area contributed by atoms with E-state index in [0.717, 1.165) is 41.9 Å². The van der Waals surface area contributed by atoms with Gasteiger partial charge in [0.1, 0.15) is 0 Å². The second-order valence-electron chi connectivity index (χ2n) is 10.7. The topological polar surface area (TPSA) is 61.4 Å². The van der Waals surface area contributed by atoms with Gasteiger partial charge in [0.15, 0.2) is 0 Å². The predicted molar refractivity (Wildman–Crippen MR) is 139 cm³/mol. The number of amides is 2. The van der Waals surface area contributed by atoms with Crippen molar-refractivity contribution in [2.24, 2.45) is 17.8 Å². The van der Waals surface area contributed by atoms with Crippen LogP contribution in [0.15, 0.2) is 46.7 Å². The van der Waals surface area contributed by atoms with E-state index >= 15 is 0 Å². The first-order chi connectivity index (χ1) is 16.4. The molecule has 4 aliphatic carbocycles. The van der Waals surface area contributed by atoms with Crippen LogP contribution < -0.4 is 10.6 Å². The van der Waals surface area contributed by atoms with Crippen LogP contribution in [0.25, 0.3) is 0 Å². The quantitative estimate of drug-likeness (QED) is 0.481. The van der Waals surface area contributed by atoms with Gasteiger partial charge in [-0.25, -0.2) is 0 Å². The van der Waals surface area contributed by atoms with Crippen LogP contribution in [0.4, 0.5) is 0 Å². The first kappa shape index (κ1) is 23.9. The van der Waals surface area contributed by atoms with Crippen molar-refractivity contribution < 1.29 is 9.59 Å². The number of carbonyl (C=O) groups excluding carboxylic acids is 2. The summed E-state index contributed by atoms with van der Waals surface area (Å²) in [5.74, 6) is 2.79. The molecule has 0 spiro atoms. The van der Waals surface area contributed by atoms with Crippen LogP contribution in [0.1, 0.15) is 59.8 Å². The molecule has 7 heteroatoms. The average molecular weight is 498 g/mol. The van der Waals surface area contributed by atoms with E-state index in [4.69, 9.17) is 0 Å². The second-order valence-corrected chi connectivity index (χ2v) is 12.7. The summed E-state index contributed by atoms with van der Waals surface area (Å²) in [7, 11) is 4.06. The van der Waals surface area contributed by atoms with Gasteiger partial charge in [-0.1, -0.05) is 18.2 Å². The summed E-state index contributed by atoms with van der Waals surface area (Å²) in [5.41, 5.74) is 0.672. The van der Waals surface area contributed by atoms with E-state index in [1.54, 1.807) is 11.3 Å². The van der Waals surface area contributed by atoms with Crippen LogP contribution in [0.5, 0.6) is 0 Å². The summed E-state index contributed by atoms with van der Waals surface area (Å²) in [5, 5.41) is 8.62. The van der Waals surface area contributed by atoms with Crippen molar-refractivity contribution >= 4 is 34.9 Å². The number of benzene rings is 1. The maximum absolute atomic E-state index is 13.1. The lowest BCUT2D eigenvalue weighted by molar-refractivity contribution is -0.124. The molecule has 2 N–H and O–H groups in total. The highest BCUT2D eigenvalue weighted by molar-refractivity contribution is 8.00. The molecule has 4 aliphatic rings. The van der Waals surface area contributed by atoms with Gasteiger partial charge in [-0.05, 0) is 94.0 Å². The largest absolute Gasteiger partial charge is 0.350 e. The second kappa shape index (κ2) is 10.0. The molecule has 1 unspecified atom stereocenters. The number of hydrogen-bond donors (Lipinski definition) is 2. The molecule has 4 fully saturated rings. The molecule has 2 aromatic rings. The van der Waals surface area contributed by atoms with Crippen LogP contribution in [-0.4, -0.2) is 48.6 Å². The van der Waals surface area contributed by atoms with E-state index < -0.39 is 0 Å². The van der Waals surface area contributed by atoms with E-state index in [-0.39, 0.29) is 23.4 Å². The minimum atomic E-state index is -0.0898. The van der Waals surface area contributed by atoms with Crippen LogP contribution in [0.3, 0.4) is 0 Å².